The van der Waals surface area contributed by atoms with Crippen molar-refractivity contribution >= 4 is 16.5 Å². The molecule has 0 fully saturated rings. The summed E-state index contributed by atoms with van der Waals surface area (Å²) in [4.78, 5) is 12.4. The molecule has 0 saturated carbocycles. The average molecular weight is 292 g/mol. The normalized spacial score (nSPS) is 11.1. The number of rotatable bonds is 4. The van der Waals surface area contributed by atoms with Crippen LogP contribution in [0.2, 0.25) is 0 Å². The van der Waals surface area contributed by atoms with Crippen LogP contribution in [0.4, 0.5) is 5.13 Å². The van der Waals surface area contributed by atoms with Crippen LogP contribution < -0.4 is 10.9 Å². The van der Waals surface area contributed by atoms with Crippen molar-refractivity contribution < 1.29 is 0 Å². The Morgan fingerprint density at radius 1 is 1.35 bits per heavy atom. The second kappa shape index (κ2) is 5.75. The van der Waals surface area contributed by atoms with E-state index >= 15 is 0 Å². The summed E-state index contributed by atoms with van der Waals surface area (Å²) in [7, 11) is 1.78. The van der Waals surface area contributed by atoms with E-state index in [0.29, 0.717) is 16.5 Å². The van der Waals surface area contributed by atoms with Crippen LogP contribution in [0.15, 0.2) is 10.9 Å². The highest BCUT2D eigenvalue weighted by Crippen LogP contribution is 2.26. The molecule has 0 aromatic carbocycles. The summed E-state index contributed by atoms with van der Waals surface area (Å²) in [6, 6.07) is 2.00. The molecule has 0 spiro atoms. The van der Waals surface area contributed by atoms with Gasteiger partial charge in [-0.2, -0.15) is 0 Å². The molecule has 0 atom stereocenters. The van der Waals surface area contributed by atoms with Crippen molar-refractivity contribution in [3.8, 4) is 10.6 Å². The maximum Gasteiger partial charge on any atom is 0.261 e. The Morgan fingerprint density at radius 2 is 2.05 bits per heavy atom. The van der Waals surface area contributed by atoms with Gasteiger partial charge in [0.25, 0.3) is 5.56 Å². The first kappa shape index (κ1) is 14.7. The largest absolute Gasteiger partial charge is 0.360 e. The first-order valence-corrected chi connectivity index (χ1v) is 7.46. The Morgan fingerprint density at radius 3 is 2.70 bits per heavy atom. The molecule has 20 heavy (non-hydrogen) atoms. The fraction of sp³-hybridized carbons (Fsp3) is 0.500. The molecule has 0 amide bonds. The van der Waals surface area contributed by atoms with Crippen molar-refractivity contribution in [2.24, 2.45) is 13.0 Å². The van der Waals surface area contributed by atoms with Crippen molar-refractivity contribution in [2.75, 3.05) is 11.9 Å². The van der Waals surface area contributed by atoms with Gasteiger partial charge in [0.1, 0.15) is 0 Å². The highest BCUT2D eigenvalue weighted by molar-refractivity contribution is 7.18. The Bertz CT molecular complexity index is 672. The number of hydrogen-bond acceptors (Lipinski definition) is 5. The molecule has 2 rings (SSSR count). The van der Waals surface area contributed by atoms with E-state index in [1.165, 1.54) is 11.3 Å². The van der Waals surface area contributed by atoms with Crippen molar-refractivity contribution in [1.82, 2.24) is 14.8 Å². The van der Waals surface area contributed by atoms with Gasteiger partial charge in [-0.05, 0) is 31.4 Å². The Balaban J connectivity index is 2.38. The average Bonchev–Trinajstić information content (AvgIpc) is 2.82. The Kier molecular flexibility index (Phi) is 4.23. The SMILES string of the molecule is Cc1cc(C)n(C)c(=O)c1-c1nnc(NCC(C)C)s1. The second-order valence-corrected chi connectivity index (χ2v) is 6.37. The molecule has 0 aliphatic heterocycles. The van der Waals surface area contributed by atoms with Crippen molar-refractivity contribution in [3.63, 3.8) is 0 Å². The molecule has 0 unspecified atom stereocenters. The van der Waals surface area contributed by atoms with Crippen molar-refractivity contribution in [3.05, 3.63) is 27.7 Å². The van der Waals surface area contributed by atoms with Gasteiger partial charge in [-0.25, -0.2) is 0 Å². The summed E-state index contributed by atoms with van der Waals surface area (Å²) >= 11 is 1.42. The highest BCUT2D eigenvalue weighted by Gasteiger charge is 2.15. The standard InChI is InChI=1S/C14H20N4OS/c1-8(2)7-15-14-17-16-12(20-14)11-9(3)6-10(4)18(5)13(11)19/h6,8H,7H2,1-5H3,(H,15,17). The third-order valence-corrected chi connectivity index (χ3v) is 4.07. The molecule has 2 aromatic rings. The van der Waals surface area contributed by atoms with Gasteiger partial charge in [0.05, 0.1) is 5.56 Å². The molecule has 0 aliphatic rings. The Labute approximate surface area is 122 Å². The van der Waals surface area contributed by atoms with E-state index in [4.69, 9.17) is 0 Å². The summed E-state index contributed by atoms with van der Waals surface area (Å²) < 4.78 is 1.64. The molecule has 0 bridgehead atoms. The van der Waals surface area contributed by atoms with Crippen LogP contribution in [0.1, 0.15) is 25.1 Å². The molecule has 6 heteroatoms. The van der Waals surface area contributed by atoms with E-state index in [2.05, 4.69) is 29.4 Å². The summed E-state index contributed by atoms with van der Waals surface area (Å²) in [6.07, 6.45) is 0. The molecule has 0 aliphatic carbocycles. The maximum absolute atomic E-state index is 12.4. The van der Waals surface area contributed by atoms with Gasteiger partial charge < -0.3 is 9.88 Å². The van der Waals surface area contributed by atoms with E-state index < -0.39 is 0 Å². The fourth-order valence-corrected chi connectivity index (χ4v) is 2.78. The third-order valence-electron chi connectivity index (χ3n) is 3.17. The van der Waals surface area contributed by atoms with Gasteiger partial charge in [-0.15, -0.1) is 10.2 Å². The number of nitrogens with one attached hydrogen (secondary N) is 1. The van der Waals surface area contributed by atoms with Crippen molar-refractivity contribution in [2.45, 2.75) is 27.7 Å². The van der Waals surface area contributed by atoms with Gasteiger partial charge in [-0.1, -0.05) is 25.2 Å². The lowest BCUT2D eigenvalue weighted by atomic mass is 10.1. The van der Waals surface area contributed by atoms with E-state index in [-0.39, 0.29) is 5.56 Å². The van der Waals surface area contributed by atoms with E-state index in [0.717, 1.165) is 22.9 Å². The van der Waals surface area contributed by atoms with Gasteiger partial charge in [0.15, 0.2) is 5.01 Å². The quantitative estimate of drug-likeness (QED) is 0.941. The van der Waals surface area contributed by atoms with Crippen LogP contribution in [0.5, 0.6) is 0 Å². The zero-order valence-electron chi connectivity index (χ0n) is 12.5. The number of hydrogen-bond donors (Lipinski definition) is 1. The van der Waals surface area contributed by atoms with Crippen LogP contribution in [0.25, 0.3) is 10.6 Å². The van der Waals surface area contributed by atoms with Crippen LogP contribution in [-0.4, -0.2) is 21.3 Å². The summed E-state index contributed by atoms with van der Waals surface area (Å²) in [5, 5.41) is 12.9. The molecule has 5 nitrogen and oxygen atoms in total. The highest BCUT2D eigenvalue weighted by atomic mass is 32.1. The van der Waals surface area contributed by atoms with Crippen LogP contribution in [0, 0.1) is 19.8 Å². The van der Waals surface area contributed by atoms with Gasteiger partial charge in [-0.3, -0.25) is 4.79 Å². The lowest BCUT2D eigenvalue weighted by Crippen LogP contribution is -2.21. The molecule has 0 radical (unpaired) electrons. The molecule has 2 aromatic heterocycles. The summed E-state index contributed by atoms with van der Waals surface area (Å²) in [6.45, 7) is 8.98. The summed E-state index contributed by atoms with van der Waals surface area (Å²) in [5.74, 6) is 0.538. The minimum Gasteiger partial charge on any atom is -0.360 e. The number of pyridine rings is 1. The molecule has 2 heterocycles. The minimum absolute atomic E-state index is 0.0194. The number of aryl methyl sites for hydroxylation is 2. The van der Waals surface area contributed by atoms with E-state index in [1.807, 2.05) is 19.9 Å². The number of aromatic nitrogens is 3. The summed E-state index contributed by atoms with van der Waals surface area (Å²) in [5.41, 5.74) is 2.51. The van der Waals surface area contributed by atoms with Crippen LogP contribution >= 0.6 is 11.3 Å². The zero-order valence-corrected chi connectivity index (χ0v) is 13.3. The monoisotopic (exact) mass is 292 g/mol. The topological polar surface area (TPSA) is 59.8 Å². The predicted octanol–water partition coefficient (Wildman–Crippen LogP) is 2.59. The molecule has 0 saturated heterocycles. The van der Waals surface area contributed by atoms with Crippen molar-refractivity contribution in [1.29, 1.82) is 0 Å². The lowest BCUT2D eigenvalue weighted by molar-refractivity contribution is 0.687. The predicted molar refractivity (Wildman–Crippen MR) is 83.4 cm³/mol. The minimum atomic E-state index is -0.0194. The zero-order chi connectivity index (χ0) is 14.9. The number of anilines is 1. The molecule has 1 N–H and O–H groups in total. The van der Waals surface area contributed by atoms with Crippen LogP contribution in [-0.2, 0) is 7.05 Å². The first-order valence-electron chi connectivity index (χ1n) is 6.65. The lowest BCUT2D eigenvalue weighted by Gasteiger charge is -2.08. The van der Waals surface area contributed by atoms with E-state index in [1.54, 1.807) is 11.6 Å². The smallest absolute Gasteiger partial charge is 0.261 e. The third kappa shape index (κ3) is 2.90. The molecule has 108 valence electrons. The second-order valence-electron chi connectivity index (χ2n) is 5.40. The van der Waals surface area contributed by atoms with Gasteiger partial charge in [0, 0.05) is 19.3 Å². The maximum atomic E-state index is 12.4. The molecular formula is C14H20N4OS. The van der Waals surface area contributed by atoms with Gasteiger partial charge in [0.2, 0.25) is 5.13 Å². The first-order chi connectivity index (χ1) is 9.40. The molecular weight excluding hydrogens is 272 g/mol. The number of nitrogens with zero attached hydrogens (tertiary/aromatic N) is 3. The van der Waals surface area contributed by atoms with Crippen LogP contribution in [0.3, 0.4) is 0 Å². The van der Waals surface area contributed by atoms with Gasteiger partial charge >= 0.3 is 0 Å². The van der Waals surface area contributed by atoms with E-state index in [9.17, 15) is 4.79 Å². The Hall–Kier alpha value is -1.69. The fourth-order valence-electron chi connectivity index (χ4n) is 1.93.